The average molecular weight is 240 g/mol. The van der Waals surface area contributed by atoms with E-state index in [-0.39, 0.29) is 5.92 Å². The maximum absolute atomic E-state index is 10.3. The molecule has 1 heterocycles. The zero-order valence-corrected chi connectivity index (χ0v) is 11.2. The van der Waals surface area contributed by atoms with Gasteiger partial charge in [-0.15, -0.1) is 0 Å². The van der Waals surface area contributed by atoms with E-state index in [0.29, 0.717) is 11.6 Å². The maximum Gasteiger partial charge on any atom is 0.122 e. The zero-order valence-electron chi connectivity index (χ0n) is 11.2. The van der Waals surface area contributed by atoms with Crippen LogP contribution in [0.3, 0.4) is 0 Å². The van der Waals surface area contributed by atoms with Crippen molar-refractivity contribution >= 4 is 0 Å². The topological polar surface area (TPSA) is 58.3 Å². The molecule has 0 saturated heterocycles. The highest BCUT2D eigenvalue weighted by molar-refractivity contribution is 5.06. The minimum atomic E-state index is -0.860. The third kappa shape index (κ3) is 3.30. The van der Waals surface area contributed by atoms with Gasteiger partial charge in [-0.1, -0.05) is 27.2 Å². The van der Waals surface area contributed by atoms with Gasteiger partial charge in [0.2, 0.25) is 0 Å². The van der Waals surface area contributed by atoms with E-state index in [1.54, 1.807) is 24.0 Å². The molecule has 0 aromatic carbocycles. The van der Waals surface area contributed by atoms with E-state index < -0.39 is 12.2 Å². The zero-order chi connectivity index (χ0) is 13.0. The van der Waals surface area contributed by atoms with E-state index in [0.717, 1.165) is 12.8 Å². The molecule has 2 N–H and O–H groups in total. The van der Waals surface area contributed by atoms with Crippen LogP contribution in [0.5, 0.6) is 0 Å². The van der Waals surface area contributed by atoms with Gasteiger partial charge in [-0.3, -0.25) is 4.68 Å². The van der Waals surface area contributed by atoms with Gasteiger partial charge in [0.05, 0.1) is 11.8 Å². The number of aryl methyl sites for hydroxylation is 1. The molecule has 0 amide bonds. The van der Waals surface area contributed by atoms with Crippen LogP contribution in [-0.2, 0) is 7.05 Å². The van der Waals surface area contributed by atoms with Crippen molar-refractivity contribution in [1.82, 2.24) is 9.78 Å². The van der Waals surface area contributed by atoms with Crippen LogP contribution in [0, 0.1) is 11.8 Å². The highest BCUT2D eigenvalue weighted by Crippen LogP contribution is 2.29. The third-order valence-corrected chi connectivity index (χ3v) is 3.40. The summed E-state index contributed by atoms with van der Waals surface area (Å²) in [6.07, 6.45) is 1.98. The molecular formula is C13H24N2O2. The normalized spacial score (nSPS) is 17.1. The fourth-order valence-electron chi connectivity index (χ4n) is 2.32. The number of nitrogens with zero attached hydrogens (tertiary/aromatic N) is 2. The minimum absolute atomic E-state index is 0.116. The van der Waals surface area contributed by atoms with Gasteiger partial charge in [-0.25, -0.2) is 0 Å². The summed E-state index contributed by atoms with van der Waals surface area (Å²) in [6.45, 7) is 6.26. The lowest BCUT2D eigenvalue weighted by Gasteiger charge is -2.29. The summed E-state index contributed by atoms with van der Waals surface area (Å²) in [5, 5.41) is 24.5. The molecule has 3 unspecified atom stereocenters. The van der Waals surface area contributed by atoms with Crippen molar-refractivity contribution in [2.45, 2.75) is 45.8 Å². The van der Waals surface area contributed by atoms with Crippen molar-refractivity contribution in [3.63, 3.8) is 0 Å². The molecule has 0 aliphatic rings. The Balaban J connectivity index is 2.80. The Labute approximate surface area is 103 Å². The molecule has 0 radical (unpaired) electrons. The number of aliphatic hydroxyl groups excluding tert-OH is 2. The minimum Gasteiger partial charge on any atom is -0.390 e. The van der Waals surface area contributed by atoms with E-state index in [2.05, 4.69) is 25.9 Å². The van der Waals surface area contributed by atoms with Crippen LogP contribution in [0.4, 0.5) is 0 Å². The molecule has 0 bridgehead atoms. The van der Waals surface area contributed by atoms with E-state index in [9.17, 15) is 10.2 Å². The second-order valence-electron chi connectivity index (χ2n) is 5.01. The van der Waals surface area contributed by atoms with Gasteiger partial charge in [0.15, 0.2) is 0 Å². The number of rotatable bonds is 6. The van der Waals surface area contributed by atoms with Crippen LogP contribution in [0.1, 0.15) is 45.4 Å². The highest BCUT2D eigenvalue weighted by Gasteiger charge is 2.30. The van der Waals surface area contributed by atoms with Gasteiger partial charge < -0.3 is 10.2 Å². The number of hydrogen-bond donors (Lipinski definition) is 2. The first-order valence-electron chi connectivity index (χ1n) is 6.33. The van der Waals surface area contributed by atoms with Crippen molar-refractivity contribution in [3.05, 3.63) is 18.0 Å². The number of aromatic nitrogens is 2. The van der Waals surface area contributed by atoms with Crippen molar-refractivity contribution in [3.8, 4) is 0 Å². The molecule has 98 valence electrons. The van der Waals surface area contributed by atoms with Crippen LogP contribution >= 0.6 is 0 Å². The first kappa shape index (κ1) is 14.2. The Morgan fingerprint density at radius 3 is 2.41 bits per heavy atom. The molecule has 3 atom stereocenters. The summed E-state index contributed by atoms with van der Waals surface area (Å²) in [5.74, 6) is 0.470. The Morgan fingerprint density at radius 1 is 1.35 bits per heavy atom. The van der Waals surface area contributed by atoms with Crippen molar-refractivity contribution < 1.29 is 10.2 Å². The quantitative estimate of drug-likeness (QED) is 0.798. The maximum atomic E-state index is 10.3. The summed E-state index contributed by atoms with van der Waals surface area (Å²) in [4.78, 5) is 0. The van der Waals surface area contributed by atoms with Crippen molar-refractivity contribution in [2.24, 2.45) is 18.9 Å². The fourth-order valence-corrected chi connectivity index (χ4v) is 2.32. The molecule has 0 aliphatic carbocycles. The molecule has 4 nitrogen and oxygen atoms in total. The highest BCUT2D eigenvalue weighted by atomic mass is 16.3. The first-order chi connectivity index (χ1) is 7.99. The number of hydrogen-bond acceptors (Lipinski definition) is 3. The van der Waals surface area contributed by atoms with E-state index >= 15 is 0 Å². The average Bonchev–Trinajstić information content (AvgIpc) is 2.70. The van der Waals surface area contributed by atoms with Gasteiger partial charge in [-0.2, -0.15) is 5.10 Å². The van der Waals surface area contributed by atoms with Gasteiger partial charge in [-0.05, 0) is 24.3 Å². The molecule has 0 saturated carbocycles. The van der Waals surface area contributed by atoms with Crippen LogP contribution in [0.15, 0.2) is 12.3 Å². The third-order valence-electron chi connectivity index (χ3n) is 3.40. The Hall–Kier alpha value is -0.870. The lowest BCUT2D eigenvalue weighted by molar-refractivity contribution is -0.0378. The molecule has 1 aromatic rings. The Bertz CT molecular complexity index is 336. The SMILES string of the molecule is CCCC(C(C)C)C(O)C(O)c1ccnn1C. The predicted octanol–water partition coefficient (Wildman–Crippen LogP) is 1.89. The van der Waals surface area contributed by atoms with Gasteiger partial charge in [0, 0.05) is 13.2 Å². The van der Waals surface area contributed by atoms with Crippen LogP contribution in [0.25, 0.3) is 0 Å². The molecule has 1 rings (SSSR count). The lowest BCUT2D eigenvalue weighted by atomic mass is 9.83. The summed E-state index contributed by atoms with van der Waals surface area (Å²) in [7, 11) is 1.77. The van der Waals surface area contributed by atoms with Crippen molar-refractivity contribution in [2.75, 3.05) is 0 Å². The van der Waals surface area contributed by atoms with Crippen LogP contribution in [0.2, 0.25) is 0 Å². The molecule has 4 heteroatoms. The van der Waals surface area contributed by atoms with Gasteiger partial charge >= 0.3 is 0 Å². The molecule has 0 aliphatic heterocycles. The smallest absolute Gasteiger partial charge is 0.122 e. The van der Waals surface area contributed by atoms with Gasteiger partial charge in [0.1, 0.15) is 6.10 Å². The Morgan fingerprint density at radius 2 is 2.00 bits per heavy atom. The summed E-state index contributed by atoms with van der Waals surface area (Å²) in [6, 6.07) is 1.75. The van der Waals surface area contributed by atoms with Gasteiger partial charge in [0.25, 0.3) is 0 Å². The molecular weight excluding hydrogens is 216 g/mol. The fraction of sp³-hybridized carbons (Fsp3) is 0.769. The van der Waals surface area contributed by atoms with Crippen LogP contribution in [-0.4, -0.2) is 26.1 Å². The molecule has 1 aromatic heterocycles. The van der Waals surface area contributed by atoms with Crippen LogP contribution < -0.4 is 0 Å². The molecule has 0 fully saturated rings. The largest absolute Gasteiger partial charge is 0.390 e. The van der Waals surface area contributed by atoms with E-state index in [4.69, 9.17) is 0 Å². The molecule has 0 spiro atoms. The summed E-state index contributed by atoms with van der Waals surface area (Å²) in [5.41, 5.74) is 0.666. The van der Waals surface area contributed by atoms with E-state index in [1.165, 1.54) is 0 Å². The van der Waals surface area contributed by atoms with E-state index in [1.807, 2.05) is 0 Å². The monoisotopic (exact) mass is 240 g/mol. The summed E-state index contributed by atoms with van der Waals surface area (Å²) < 4.78 is 1.61. The number of aliphatic hydroxyl groups is 2. The molecule has 17 heavy (non-hydrogen) atoms. The second-order valence-corrected chi connectivity index (χ2v) is 5.01. The lowest BCUT2D eigenvalue weighted by Crippen LogP contribution is -2.32. The standard InChI is InChI=1S/C13H24N2O2/c1-5-6-10(9(2)3)12(16)13(17)11-7-8-14-15(11)4/h7-10,12-13,16-17H,5-6H2,1-4H3. The first-order valence-corrected chi connectivity index (χ1v) is 6.33. The second kappa shape index (κ2) is 6.17. The predicted molar refractivity (Wildman–Crippen MR) is 67.4 cm³/mol. The summed E-state index contributed by atoms with van der Waals surface area (Å²) >= 11 is 0. The van der Waals surface area contributed by atoms with Crippen molar-refractivity contribution in [1.29, 1.82) is 0 Å². The Kier molecular flexibility index (Phi) is 5.15.